The Balaban J connectivity index is 0.666. The van der Waals surface area contributed by atoms with Gasteiger partial charge in [-0.2, -0.15) is 21.3 Å². The van der Waals surface area contributed by atoms with Gasteiger partial charge in [0.15, 0.2) is 11.4 Å². The van der Waals surface area contributed by atoms with Gasteiger partial charge in [-0.25, -0.2) is 8.42 Å². The Bertz CT molecular complexity index is 2400. The van der Waals surface area contributed by atoms with Gasteiger partial charge < -0.3 is 30.3 Å². The van der Waals surface area contributed by atoms with E-state index in [1.165, 1.54) is 0 Å². The molecule has 1 aromatic carbocycles. The number of rotatable bonds is 13. The van der Waals surface area contributed by atoms with Crippen LogP contribution in [-0.4, -0.2) is 120 Å². The van der Waals surface area contributed by atoms with Crippen LogP contribution in [0.5, 0.6) is 0 Å². The van der Waals surface area contributed by atoms with Crippen LogP contribution in [0, 0.1) is 5.92 Å². The number of carbonyl (C=O) groups excluding carboxylic acids is 2. The van der Waals surface area contributed by atoms with E-state index in [2.05, 4.69) is 49.8 Å². The number of amides is 2. The first kappa shape index (κ1) is 41.9. The van der Waals surface area contributed by atoms with Crippen LogP contribution in [0.2, 0.25) is 0 Å². The second-order valence-electron chi connectivity index (χ2n) is 19.7. The van der Waals surface area contributed by atoms with Crippen LogP contribution in [-0.2, 0) is 20.2 Å². The van der Waals surface area contributed by atoms with Gasteiger partial charge in [0.2, 0.25) is 10.0 Å². The molecule has 6 saturated heterocycles. The van der Waals surface area contributed by atoms with E-state index in [9.17, 15) is 26.4 Å². The number of hydrogen-bond acceptors (Lipinski definition) is 12. The maximum atomic E-state index is 14.3. The number of piperidine rings is 3. The maximum Gasteiger partial charge on any atom is 0.282 e. The highest BCUT2D eigenvalue weighted by Gasteiger charge is 2.50. The van der Waals surface area contributed by atoms with Gasteiger partial charge in [-0.3, -0.25) is 9.59 Å². The number of nitrogens with zero attached hydrogens (tertiary/aromatic N) is 5. The van der Waals surface area contributed by atoms with E-state index in [0.717, 1.165) is 86.9 Å². The van der Waals surface area contributed by atoms with Crippen LogP contribution >= 0.6 is 0 Å². The molecule has 2 aromatic heterocycles. The first-order chi connectivity index (χ1) is 30.4. The van der Waals surface area contributed by atoms with Gasteiger partial charge in [-0.05, 0) is 113 Å². The number of piperazine rings is 1. The molecule has 3 aromatic rings. The lowest BCUT2D eigenvalue weighted by atomic mass is 9.90. The molecule has 11 rings (SSSR count). The molecule has 9 atom stereocenters. The molecule has 2 amide bonds. The average Bonchev–Trinajstić information content (AvgIpc) is 4.15. The third-order valence-electron chi connectivity index (χ3n) is 15.2. The Labute approximate surface area is 369 Å². The number of benzene rings is 1. The molecule has 8 fully saturated rings. The zero-order chi connectivity index (χ0) is 43.0. The highest BCUT2D eigenvalue weighted by Crippen LogP contribution is 2.43. The van der Waals surface area contributed by atoms with Crippen molar-refractivity contribution in [1.82, 2.24) is 44.5 Å². The van der Waals surface area contributed by atoms with Crippen molar-refractivity contribution in [3.8, 4) is 0 Å². The highest BCUT2D eigenvalue weighted by atomic mass is 32.2. The summed E-state index contributed by atoms with van der Waals surface area (Å²) in [6, 6.07) is 10.9. The molecular weight excluding hydrogens is 847 g/mol. The molecule has 6 aliphatic heterocycles. The average molecular weight is 906 g/mol. The monoisotopic (exact) mass is 905 g/mol. The van der Waals surface area contributed by atoms with E-state index in [0.29, 0.717) is 69.4 Å². The van der Waals surface area contributed by atoms with Crippen LogP contribution in [0.15, 0.2) is 45.4 Å². The van der Waals surface area contributed by atoms with Gasteiger partial charge in [-0.1, -0.05) is 34.6 Å². The fourth-order valence-electron chi connectivity index (χ4n) is 11.8. The van der Waals surface area contributed by atoms with E-state index in [4.69, 9.17) is 9.05 Å². The molecule has 5 unspecified atom stereocenters. The Morgan fingerprint density at radius 1 is 0.667 bits per heavy atom. The third kappa shape index (κ3) is 8.51. The van der Waals surface area contributed by atoms with E-state index in [1.54, 1.807) is 25.0 Å². The number of aromatic nitrogens is 2. The van der Waals surface area contributed by atoms with E-state index in [-0.39, 0.29) is 77.5 Å². The first-order valence-electron chi connectivity index (χ1n) is 23.4. The van der Waals surface area contributed by atoms with Crippen LogP contribution in [0.4, 0.5) is 0 Å². The lowest BCUT2D eigenvalue weighted by Gasteiger charge is -2.42. The number of carbonyl (C=O) groups is 2. The maximum absolute atomic E-state index is 14.3. The second kappa shape index (κ2) is 16.6. The molecule has 0 radical (unpaired) electrons. The molecule has 8 aliphatic rings. The minimum absolute atomic E-state index is 0.0110. The van der Waals surface area contributed by atoms with Gasteiger partial charge in [0.25, 0.3) is 22.0 Å². The van der Waals surface area contributed by atoms with Crippen molar-refractivity contribution >= 4 is 32.0 Å². The van der Waals surface area contributed by atoms with Crippen LogP contribution in [0.1, 0.15) is 157 Å². The van der Waals surface area contributed by atoms with Crippen molar-refractivity contribution in [2.45, 2.75) is 150 Å². The lowest BCUT2D eigenvalue weighted by molar-refractivity contribution is 0.0888. The molecule has 4 N–H and O–H groups in total. The Kier molecular flexibility index (Phi) is 11.1. The molecule has 8 heterocycles. The van der Waals surface area contributed by atoms with Crippen molar-refractivity contribution < 1.29 is 35.5 Å². The van der Waals surface area contributed by atoms with Crippen molar-refractivity contribution in [1.29, 1.82) is 0 Å². The summed E-state index contributed by atoms with van der Waals surface area (Å²) >= 11 is 0. The van der Waals surface area contributed by atoms with Crippen molar-refractivity contribution in [2.24, 2.45) is 5.92 Å². The quantitative estimate of drug-likeness (QED) is 0.193. The van der Waals surface area contributed by atoms with Gasteiger partial charge in [0.1, 0.15) is 11.5 Å². The van der Waals surface area contributed by atoms with Crippen molar-refractivity contribution in [2.75, 3.05) is 31.9 Å². The summed E-state index contributed by atoms with van der Waals surface area (Å²) in [4.78, 5) is 26.0. The zero-order valence-electron chi connectivity index (χ0n) is 35.6. The Morgan fingerprint density at radius 3 is 1.73 bits per heavy atom. The molecule has 63 heavy (non-hydrogen) atoms. The summed E-state index contributed by atoms with van der Waals surface area (Å²) in [5.41, 5.74) is 2.73. The summed E-state index contributed by atoms with van der Waals surface area (Å²) in [6.07, 6.45) is 11.3. The Hall–Kier alpha value is -3.72. The topological polar surface area (TPSA) is 212 Å². The smallest absolute Gasteiger partial charge is 0.282 e. The second-order valence-corrected chi connectivity index (χ2v) is 23.5. The van der Waals surface area contributed by atoms with E-state index in [1.807, 2.05) is 6.07 Å². The minimum Gasteiger partial charge on any atom is -0.360 e. The molecule has 0 spiro atoms. The number of sulfonamides is 1. The molecule has 19 heteroatoms. The van der Waals surface area contributed by atoms with E-state index < -0.39 is 20.2 Å². The summed E-state index contributed by atoms with van der Waals surface area (Å²) in [5, 5.41) is 21.4. The van der Waals surface area contributed by atoms with Gasteiger partial charge in [-0.15, -0.1) is 0 Å². The summed E-state index contributed by atoms with van der Waals surface area (Å²) in [5.74, 6) is 1.85. The number of hydrogen-bond donors (Lipinski definition) is 4. The molecular formula is C44H59N9O8S2. The van der Waals surface area contributed by atoms with E-state index >= 15 is 0 Å². The highest BCUT2D eigenvalue weighted by molar-refractivity contribution is 7.89. The van der Waals surface area contributed by atoms with Gasteiger partial charge in [0.05, 0.1) is 5.75 Å². The predicted octanol–water partition coefficient (Wildman–Crippen LogP) is 3.83. The molecule has 340 valence electrons. The molecule has 4 bridgehead atoms. The third-order valence-corrected chi connectivity index (χ3v) is 19.5. The lowest BCUT2D eigenvalue weighted by Crippen LogP contribution is -2.59. The number of nitrogens with one attached hydrogen (secondary N) is 4. The number of fused-ring (bicyclic) bond motifs is 4. The summed E-state index contributed by atoms with van der Waals surface area (Å²) in [7, 11) is -7.25. The van der Waals surface area contributed by atoms with Crippen LogP contribution in [0.25, 0.3) is 0 Å². The van der Waals surface area contributed by atoms with Gasteiger partial charge in [0, 0.05) is 91.9 Å². The van der Waals surface area contributed by atoms with Crippen molar-refractivity contribution in [3.05, 3.63) is 70.4 Å². The fraction of sp³-hybridized carbons (Fsp3) is 0.682. The van der Waals surface area contributed by atoms with Gasteiger partial charge >= 0.3 is 0 Å². The molecule has 2 aliphatic carbocycles. The standard InChI is InChI=1S/C44H59N9O8S2/c54-43(38-21-41(60-49-38)27-5-6-27)47-31-17-33-9-10-34(18-31)52(33)62(56,57)25-26-4-13-37(46-23-26)29-2-1-3-30(16-29)40-24-51(15-14-45-40)63(58,59)53-35-11-12-36(53)20-32(19-35)48-44(55)39-22-42(61-50-39)28-7-8-28/h1-3,16,21-22,26-28,31-37,40,45-46H,4-15,17-20,23-25H2,(H,47,54)(H,48,55)/t26?,31?,32?,33-,34+,35-,36+,37?,40?. The summed E-state index contributed by atoms with van der Waals surface area (Å²) < 4.78 is 72.5. The van der Waals surface area contributed by atoms with Crippen molar-refractivity contribution in [3.63, 3.8) is 0 Å². The van der Waals surface area contributed by atoms with Crippen LogP contribution < -0.4 is 21.3 Å². The first-order valence-corrected chi connectivity index (χ1v) is 26.4. The molecule has 17 nitrogen and oxygen atoms in total. The zero-order valence-corrected chi connectivity index (χ0v) is 37.2. The minimum atomic E-state index is -3.75. The largest absolute Gasteiger partial charge is 0.360 e. The fourth-order valence-corrected chi connectivity index (χ4v) is 16.2. The SMILES string of the molecule is O=C(NC1C[C@H]2CC[C@@H](C1)N2S(=O)(=O)CC1CCC(c2cccc(C3CN(S(=O)(=O)N4[C@@H]5CC[C@H]4CC(NC(=O)c4cc(C6CC6)on4)C5)CCN3)c2)NC1)c1cc(C2CC2)on1. The Morgan fingerprint density at radius 2 is 1.21 bits per heavy atom. The molecule has 2 saturated carbocycles. The predicted molar refractivity (Wildman–Crippen MR) is 230 cm³/mol. The summed E-state index contributed by atoms with van der Waals surface area (Å²) in [6.45, 7) is 1.84. The van der Waals surface area contributed by atoms with Crippen LogP contribution in [0.3, 0.4) is 0 Å². The normalized spacial score (nSPS) is 33.0.